The van der Waals surface area contributed by atoms with Crippen LogP contribution in [0, 0.1) is 0 Å². The molecule has 4 heterocycles. The van der Waals surface area contributed by atoms with Gasteiger partial charge in [0.1, 0.15) is 24.6 Å². The highest BCUT2D eigenvalue weighted by molar-refractivity contribution is 5.84. The smallest absolute Gasteiger partial charge is 0.210 e. The van der Waals surface area contributed by atoms with Crippen molar-refractivity contribution in [2.75, 3.05) is 23.8 Å². The maximum Gasteiger partial charge on any atom is 0.210 e. The monoisotopic (exact) mass is 398 g/mol. The van der Waals surface area contributed by atoms with Gasteiger partial charge in [0.2, 0.25) is 5.95 Å². The van der Waals surface area contributed by atoms with Gasteiger partial charge in [-0.15, -0.1) is 0 Å². The number of hydrogen-bond acceptors (Lipinski definition) is 9. The molecule has 0 spiro atoms. The Morgan fingerprint density at radius 2 is 1.93 bits per heavy atom. The lowest BCUT2D eigenvalue weighted by molar-refractivity contribution is -0.0504. The number of anilines is 2. The molecule has 10 nitrogen and oxygen atoms in total. The first-order chi connectivity index (χ1) is 14.1. The molecular weight excluding hydrogens is 376 g/mol. The second-order valence-electron chi connectivity index (χ2n) is 7.38. The second kappa shape index (κ2) is 6.92. The predicted octanol–water partition coefficient (Wildman–Crippen LogP) is -0.417. The van der Waals surface area contributed by atoms with Crippen LogP contribution in [0.5, 0.6) is 0 Å². The first kappa shape index (κ1) is 18.3. The highest BCUT2D eigenvalue weighted by atomic mass is 16.6. The summed E-state index contributed by atoms with van der Waals surface area (Å²) in [4.78, 5) is 15.1. The van der Waals surface area contributed by atoms with Crippen LogP contribution in [0.3, 0.4) is 0 Å². The summed E-state index contributed by atoms with van der Waals surface area (Å²) in [5, 5.41) is 30.3. The van der Waals surface area contributed by atoms with E-state index in [2.05, 4.69) is 32.0 Å². The quantitative estimate of drug-likeness (QED) is 0.463. The van der Waals surface area contributed by atoms with E-state index >= 15 is 0 Å². The van der Waals surface area contributed by atoms with Crippen LogP contribution < -0.4 is 10.6 Å². The average Bonchev–Trinajstić information content (AvgIpc) is 3.26. The van der Waals surface area contributed by atoms with Crippen molar-refractivity contribution in [3.8, 4) is 0 Å². The third kappa shape index (κ3) is 2.84. The lowest BCUT2D eigenvalue weighted by Gasteiger charge is -2.31. The van der Waals surface area contributed by atoms with Gasteiger partial charge in [0.05, 0.1) is 6.61 Å². The molecular formula is C19H22N6O4. The Labute approximate surface area is 166 Å². The van der Waals surface area contributed by atoms with Crippen LogP contribution in [0.1, 0.15) is 17.4 Å². The molecule has 29 heavy (non-hydrogen) atoms. The first-order valence-corrected chi connectivity index (χ1v) is 9.51. The fourth-order valence-electron chi connectivity index (χ4n) is 4.13. The van der Waals surface area contributed by atoms with Gasteiger partial charge in [-0.3, -0.25) is 4.57 Å². The molecule has 1 aromatic carbocycles. The van der Waals surface area contributed by atoms with Crippen molar-refractivity contribution in [3.05, 3.63) is 41.7 Å². The van der Waals surface area contributed by atoms with Crippen molar-refractivity contribution >= 4 is 22.9 Å². The van der Waals surface area contributed by atoms with Crippen molar-refractivity contribution < 1.29 is 20.1 Å². The number of hydrogen-bond donors (Lipinski definition) is 4. The van der Waals surface area contributed by atoms with E-state index in [9.17, 15) is 15.3 Å². The fraction of sp³-hybridized carbons (Fsp3) is 0.421. The molecule has 2 aliphatic heterocycles. The summed E-state index contributed by atoms with van der Waals surface area (Å²) in [5.41, 5.74) is 9.31. The summed E-state index contributed by atoms with van der Waals surface area (Å²) in [6.45, 7) is 0.926. The van der Waals surface area contributed by atoms with Crippen LogP contribution >= 0.6 is 0 Å². The summed E-state index contributed by atoms with van der Waals surface area (Å²) in [7, 11) is 0. The molecule has 1 saturated heterocycles. The van der Waals surface area contributed by atoms with E-state index < -0.39 is 31.1 Å². The molecule has 5 rings (SSSR count). The van der Waals surface area contributed by atoms with E-state index in [1.807, 2.05) is 12.1 Å². The maximum absolute atomic E-state index is 10.6. The van der Waals surface area contributed by atoms with E-state index in [-0.39, 0.29) is 5.82 Å². The molecule has 2 aliphatic rings. The number of ether oxygens (including phenoxy) is 1. The molecule has 152 valence electrons. The minimum absolute atomic E-state index is 0.221. The van der Waals surface area contributed by atoms with Crippen molar-refractivity contribution in [3.63, 3.8) is 0 Å². The lowest BCUT2D eigenvalue weighted by Crippen LogP contribution is -2.36. The van der Waals surface area contributed by atoms with Gasteiger partial charge < -0.3 is 30.7 Å². The van der Waals surface area contributed by atoms with Gasteiger partial charge in [0.25, 0.3) is 0 Å². The summed E-state index contributed by atoms with van der Waals surface area (Å²) in [6.07, 6.45) is -2.17. The van der Waals surface area contributed by atoms with Crippen molar-refractivity contribution in [1.82, 2.24) is 19.5 Å². The lowest BCUT2D eigenvalue weighted by atomic mass is 10.0. The number of aliphatic hydroxyl groups excluding tert-OH is 3. The van der Waals surface area contributed by atoms with Crippen molar-refractivity contribution in [1.29, 1.82) is 0 Å². The molecule has 0 radical (unpaired) electrons. The molecule has 3 aromatic rings. The van der Waals surface area contributed by atoms with Gasteiger partial charge in [-0.25, -0.2) is 15.0 Å². The molecule has 0 amide bonds. The zero-order valence-corrected chi connectivity index (χ0v) is 15.6. The fourth-order valence-corrected chi connectivity index (χ4v) is 4.13. The van der Waals surface area contributed by atoms with Crippen LogP contribution in [-0.4, -0.2) is 66.3 Å². The predicted molar refractivity (Wildman–Crippen MR) is 104 cm³/mol. The van der Waals surface area contributed by atoms with Crippen LogP contribution in [-0.2, 0) is 17.7 Å². The van der Waals surface area contributed by atoms with Crippen molar-refractivity contribution in [2.24, 2.45) is 0 Å². The second-order valence-corrected chi connectivity index (χ2v) is 7.38. The minimum atomic E-state index is -1.25. The molecule has 0 aliphatic carbocycles. The Kier molecular flexibility index (Phi) is 4.36. The molecule has 2 aromatic heterocycles. The van der Waals surface area contributed by atoms with Crippen LogP contribution in [0.15, 0.2) is 30.6 Å². The number of nitrogens with two attached hydrogens (primary N) is 1. The molecule has 10 heteroatoms. The standard InChI is InChI=1S/C19H22N6O4/c20-16-13-17(22-9-21-16)25(18-15(28)14(27)12(8-26)29-18)19(23-13)24-6-5-10-3-1-2-4-11(10)7-24/h1-4,9,12,14-15,18,26-28H,5-8H2,(H2,20,21,22)/t12-,14?,15?,18-/m1/s1. The number of fused-ring (bicyclic) bond motifs is 2. The normalized spacial score (nSPS) is 26.8. The Morgan fingerprint density at radius 1 is 1.14 bits per heavy atom. The Bertz CT molecular complexity index is 1060. The molecule has 5 N–H and O–H groups in total. The third-order valence-corrected chi connectivity index (χ3v) is 5.67. The number of imidazole rings is 1. The number of aromatic nitrogens is 4. The van der Waals surface area contributed by atoms with Crippen molar-refractivity contribution in [2.45, 2.75) is 37.5 Å². The number of nitrogen functional groups attached to an aromatic ring is 1. The minimum Gasteiger partial charge on any atom is -0.394 e. The van der Waals surface area contributed by atoms with E-state index in [1.165, 1.54) is 17.5 Å². The molecule has 2 unspecified atom stereocenters. The number of aliphatic hydroxyl groups is 3. The summed E-state index contributed by atoms with van der Waals surface area (Å²) >= 11 is 0. The van der Waals surface area contributed by atoms with Gasteiger partial charge in [-0.1, -0.05) is 24.3 Å². The highest BCUT2D eigenvalue weighted by Gasteiger charge is 2.45. The number of rotatable bonds is 3. The van der Waals surface area contributed by atoms with Crippen LogP contribution in [0.4, 0.5) is 11.8 Å². The van der Waals surface area contributed by atoms with E-state index in [0.29, 0.717) is 30.2 Å². The van der Waals surface area contributed by atoms with E-state index in [0.717, 1.165) is 6.42 Å². The van der Waals surface area contributed by atoms with Gasteiger partial charge in [-0.05, 0) is 17.5 Å². The Morgan fingerprint density at radius 3 is 2.69 bits per heavy atom. The zero-order chi connectivity index (χ0) is 20.1. The van der Waals surface area contributed by atoms with Crippen LogP contribution in [0.25, 0.3) is 11.2 Å². The first-order valence-electron chi connectivity index (χ1n) is 9.51. The summed E-state index contributed by atoms with van der Waals surface area (Å²) in [5.74, 6) is 0.746. The zero-order valence-electron chi connectivity index (χ0n) is 15.6. The third-order valence-electron chi connectivity index (χ3n) is 5.67. The largest absolute Gasteiger partial charge is 0.394 e. The topological polar surface area (TPSA) is 143 Å². The average molecular weight is 398 g/mol. The van der Waals surface area contributed by atoms with E-state index in [1.54, 1.807) is 4.57 Å². The van der Waals surface area contributed by atoms with Gasteiger partial charge in [-0.2, -0.15) is 0 Å². The Hall–Kier alpha value is -2.79. The number of nitrogens with zero attached hydrogens (tertiary/aromatic N) is 5. The maximum atomic E-state index is 10.6. The summed E-state index contributed by atoms with van der Waals surface area (Å²) in [6, 6.07) is 8.22. The SMILES string of the molecule is Nc1ncnc2c1nc(N1CCc3ccccc3C1)n2[C@@H]1O[C@H](CO)C(O)C1O. The van der Waals surface area contributed by atoms with Gasteiger partial charge in [0.15, 0.2) is 23.2 Å². The summed E-state index contributed by atoms with van der Waals surface area (Å²) < 4.78 is 7.42. The molecule has 4 atom stereocenters. The van der Waals surface area contributed by atoms with Gasteiger partial charge in [0, 0.05) is 13.1 Å². The Balaban J connectivity index is 1.63. The number of benzene rings is 1. The highest BCUT2D eigenvalue weighted by Crippen LogP contribution is 2.37. The van der Waals surface area contributed by atoms with Crippen LogP contribution in [0.2, 0.25) is 0 Å². The molecule has 1 fully saturated rings. The van der Waals surface area contributed by atoms with Gasteiger partial charge >= 0.3 is 0 Å². The van der Waals surface area contributed by atoms with E-state index in [4.69, 9.17) is 10.5 Å². The molecule has 0 bridgehead atoms. The molecule has 0 saturated carbocycles.